The molecule has 1 N–H and O–H groups in total. The molecule has 0 aliphatic carbocycles. The molecule has 128 valence electrons. The van der Waals surface area contributed by atoms with Crippen LogP contribution in [0.15, 0.2) is 29.3 Å². The molecule has 1 fully saturated rings. The summed E-state index contributed by atoms with van der Waals surface area (Å²) >= 11 is 6.44. The van der Waals surface area contributed by atoms with Gasteiger partial charge in [-0.25, -0.2) is 0 Å². The second-order valence-corrected chi connectivity index (χ2v) is 6.10. The van der Waals surface area contributed by atoms with Crippen molar-refractivity contribution in [3.63, 3.8) is 0 Å². The molecule has 2 aliphatic rings. The highest BCUT2D eigenvalue weighted by Gasteiger charge is 2.25. The van der Waals surface area contributed by atoms with Crippen LogP contribution in [-0.4, -0.2) is 68.7 Å². The number of halogens is 2. The first-order chi connectivity index (χ1) is 10.8. The minimum atomic E-state index is 0. The number of guanidine groups is 1. The third kappa shape index (κ3) is 4.71. The van der Waals surface area contributed by atoms with Crippen LogP contribution in [0.1, 0.15) is 11.6 Å². The average molecular weight is 451 g/mol. The summed E-state index contributed by atoms with van der Waals surface area (Å²) in [6, 6.07) is 8.33. The second-order valence-electron chi connectivity index (χ2n) is 5.69. The molecule has 1 saturated heterocycles. The normalized spacial score (nSPS) is 19.9. The molecule has 0 radical (unpaired) electrons. The van der Waals surface area contributed by atoms with E-state index in [1.54, 1.807) is 0 Å². The molecular formula is C16H24ClIN4O. The van der Waals surface area contributed by atoms with Gasteiger partial charge in [0, 0.05) is 38.2 Å². The van der Waals surface area contributed by atoms with Gasteiger partial charge in [0.15, 0.2) is 5.96 Å². The maximum absolute atomic E-state index is 6.44. The summed E-state index contributed by atoms with van der Waals surface area (Å²) in [4.78, 5) is 9.10. The maximum atomic E-state index is 6.44. The Labute approximate surface area is 160 Å². The maximum Gasteiger partial charge on any atom is 0.193 e. The van der Waals surface area contributed by atoms with Crippen LogP contribution in [0.3, 0.4) is 0 Å². The van der Waals surface area contributed by atoms with Crippen molar-refractivity contribution < 1.29 is 4.74 Å². The number of nitrogens with zero attached hydrogens (tertiary/aromatic N) is 3. The molecular weight excluding hydrogens is 427 g/mol. The van der Waals surface area contributed by atoms with Crippen LogP contribution in [0.25, 0.3) is 0 Å². The van der Waals surface area contributed by atoms with Gasteiger partial charge in [0.2, 0.25) is 0 Å². The zero-order valence-electron chi connectivity index (χ0n) is 13.4. The molecule has 1 aromatic rings. The summed E-state index contributed by atoms with van der Waals surface area (Å²) in [7, 11) is 2.07. The Morgan fingerprint density at radius 1 is 1.26 bits per heavy atom. The quantitative estimate of drug-likeness (QED) is 0.714. The van der Waals surface area contributed by atoms with Crippen molar-refractivity contribution >= 4 is 41.5 Å². The van der Waals surface area contributed by atoms with Crippen LogP contribution in [0.2, 0.25) is 5.02 Å². The lowest BCUT2D eigenvalue weighted by atomic mass is 10.0. The van der Waals surface area contributed by atoms with Crippen molar-refractivity contribution in [3.05, 3.63) is 34.9 Å². The number of likely N-dealkylation sites (N-methyl/N-ethyl adjacent to an activating group) is 1. The predicted octanol–water partition coefficient (Wildman–Crippen LogP) is 2.22. The van der Waals surface area contributed by atoms with E-state index in [-0.39, 0.29) is 30.0 Å². The SMILES string of the molecule is CN1CCN=C1NCC(c1ccccc1Cl)N1CCOCC1.I. The fourth-order valence-corrected chi connectivity index (χ4v) is 3.24. The van der Waals surface area contributed by atoms with Gasteiger partial charge in [-0.05, 0) is 11.6 Å². The Kier molecular flexibility index (Phi) is 7.39. The van der Waals surface area contributed by atoms with Gasteiger partial charge in [0.05, 0.1) is 25.8 Å². The van der Waals surface area contributed by atoms with Crippen LogP contribution >= 0.6 is 35.6 Å². The summed E-state index contributed by atoms with van der Waals surface area (Å²) in [5.41, 5.74) is 1.17. The van der Waals surface area contributed by atoms with Gasteiger partial charge in [0.25, 0.3) is 0 Å². The van der Waals surface area contributed by atoms with Crippen LogP contribution < -0.4 is 5.32 Å². The lowest BCUT2D eigenvalue weighted by Gasteiger charge is -2.35. The van der Waals surface area contributed by atoms with E-state index in [0.29, 0.717) is 0 Å². The van der Waals surface area contributed by atoms with E-state index in [9.17, 15) is 0 Å². The third-order valence-electron chi connectivity index (χ3n) is 4.26. The van der Waals surface area contributed by atoms with Gasteiger partial charge in [0.1, 0.15) is 0 Å². The van der Waals surface area contributed by atoms with Crippen molar-refractivity contribution in [3.8, 4) is 0 Å². The highest BCUT2D eigenvalue weighted by molar-refractivity contribution is 14.0. The molecule has 0 aromatic heterocycles. The zero-order chi connectivity index (χ0) is 15.4. The molecule has 0 saturated carbocycles. The Balaban J connectivity index is 0.00000192. The fourth-order valence-electron chi connectivity index (χ4n) is 2.98. The molecule has 7 heteroatoms. The van der Waals surface area contributed by atoms with Gasteiger partial charge >= 0.3 is 0 Å². The standard InChI is InChI=1S/C16H23ClN4O.HI/c1-20-7-6-18-16(20)19-12-15(21-8-10-22-11-9-21)13-4-2-3-5-14(13)17;/h2-5,15H,6-12H2,1H3,(H,18,19);1H. The Morgan fingerprint density at radius 3 is 2.65 bits per heavy atom. The third-order valence-corrected chi connectivity index (χ3v) is 4.61. The van der Waals surface area contributed by atoms with E-state index in [4.69, 9.17) is 16.3 Å². The van der Waals surface area contributed by atoms with E-state index in [1.807, 2.05) is 18.2 Å². The van der Waals surface area contributed by atoms with Crippen LogP contribution in [0, 0.1) is 0 Å². The van der Waals surface area contributed by atoms with Crippen molar-refractivity contribution in [2.24, 2.45) is 4.99 Å². The summed E-state index contributed by atoms with van der Waals surface area (Å²) in [5, 5.41) is 4.31. The van der Waals surface area contributed by atoms with E-state index in [2.05, 4.69) is 33.2 Å². The van der Waals surface area contributed by atoms with Gasteiger partial charge in [-0.15, -0.1) is 24.0 Å². The van der Waals surface area contributed by atoms with E-state index < -0.39 is 0 Å². The molecule has 0 bridgehead atoms. The number of hydrogen-bond acceptors (Lipinski definition) is 5. The molecule has 0 spiro atoms. The van der Waals surface area contributed by atoms with E-state index in [1.165, 1.54) is 5.56 Å². The number of benzene rings is 1. The number of nitrogens with one attached hydrogen (secondary N) is 1. The first kappa shape index (κ1) is 18.8. The van der Waals surface area contributed by atoms with E-state index >= 15 is 0 Å². The lowest BCUT2D eigenvalue weighted by molar-refractivity contribution is 0.0169. The van der Waals surface area contributed by atoms with Gasteiger partial charge in [-0.1, -0.05) is 29.8 Å². The number of ether oxygens (including phenoxy) is 1. The fraction of sp³-hybridized carbons (Fsp3) is 0.562. The topological polar surface area (TPSA) is 40.1 Å². The van der Waals surface area contributed by atoms with Crippen molar-refractivity contribution in [2.75, 3.05) is 53.0 Å². The van der Waals surface area contributed by atoms with Crippen molar-refractivity contribution in [1.29, 1.82) is 0 Å². The average Bonchev–Trinajstić information content (AvgIpc) is 2.95. The number of rotatable bonds is 4. The molecule has 2 heterocycles. The molecule has 1 atom stereocenters. The Morgan fingerprint density at radius 2 is 2.00 bits per heavy atom. The van der Waals surface area contributed by atoms with Crippen LogP contribution in [0.4, 0.5) is 0 Å². The van der Waals surface area contributed by atoms with Crippen LogP contribution in [-0.2, 0) is 4.74 Å². The predicted molar refractivity (Wildman–Crippen MR) is 105 cm³/mol. The highest BCUT2D eigenvalue weighted by atomic mass is 127. The van der Waals surface area contributed by atoms with Crippen molar-refractivity contribution in [2.45, 2.75) is 6.04 Å². The van der Waals surface area contributed by atoms with Gasteiger partial charge in [-0.3, -0.25) is 9.89 Å². The summed E-state index contributed by atoms with van der Waals surface area (Å²) in [6.07, 6.45) is 0. The van der Waals surface area contributed by atoms with E-state index in [0.717, 1.165) is 56.9 Å². The molecule has 1 unspecified atom stereocenters. The molecule has 0 amide bonds. The first-order valence-corrected chi connectivity index (χ1v) is 8.19. The minimum absolute atomic E-state index is 0. The van der Waals surface area contributed by atoms with Gasteiger partial charge in [-0.2, -0.15) is 0 Å². The largest absolute Gasteiger partial charge is 0.379 e. The number of morpholine rings is 1. The second kappa shape index (κ2) is 9.05. The van der Waals surface area contributed by atoms with Crippen molar-refractivity contribution in [1.82, 2.24) is 15.1 Å². The molecule has 1 aromatic carbocycles. The first-order valence-electron chi connectivity index (χ1n) is 7.81. The molecule has 5 nitrogen and oxygen atoms in total. The smallest absolute Gasteiger partial charge is 0.193 e. The lowest BCUT2D eigenvalue weighted by Crippen LogP contribution is -2.45. The van der Waals surface area contributed by atoms with Crippen LogP contribution in [0.5, 0.6) is 0 Å². The molecule has 2 aliphatic heterocycles. The Bertz CT molecular complexity index is 537. The summed E-state index contributed by atoms with van der Waals surface area (Å²) in [6.45, 7) is 6.07. The monoisotopic (exact) mass is 450 g/mol. The minimum Gasteiger partial charge on any atom is -0.379 e. The zero-order valence-corrected chi connectivity index (χ0v) is 16.5. The molecule has 3 rings (SSSR count). The van der Waals surface area contributed by atoms with Gasteiger partial charge < -0.3 is 15.0 Å². The highest BCUT2D eigenvalue weighted by Crippen LogP contribution is 2.27. The summed E-state index contributed by atoms with van der Waals surface area (Å²) in [5.74, 6) is 0.977. The summed E-state index contributed by atoms with van der Waals surface area (Å²) < 4.78 is 5.48. The number of hydrogen-bond donors (Lipinski definition) is 1. The molecule has 23 heavy (non-hydrogen) atoms. The number of aliphatic imine (C=N–C) groups is 1. The Hall–Kier alpha value is -0.570.